The summed E-state index contributed by atoms with van der Waals surface area (Å²) < 4.78 is 16.2. The standard InChI is InChI=1S/C20H24ClNO4/c1-5-15-11-16(7-8-17(15)21)26-13(2)20(23)22-12-14-6-9-18(24-3)19(10-14)25-4/h6-11,13H,5,12H2,1-4H3,(H,22,23). The zero-order valence-electron chi connectivity index (χ0n) is 15.5. The molecule has 6 heteroatoms. The third-order valence-corrected chi connectivity index (χ3v) is 4.36. The maximum absolute atomic E-state index is 12.3. The number of amides is 1. The highest BCUT2D eigenvalue weighted by molar-refractivity contribution is 6.31. The Morgan fingerprint density at radius 3 is 2.50 bits per heavy atom. The fraction of sp³-hybridized carbons (Fsp3) is 0.350. The molecule has 0 heterocycles. The van der Waals surface area contributed by atoms with Crippen LogP contribution in [0.25, 0.3) is 0 Å². The van der Waals surface area contributed by atoms with Gasteiger partial charge in [-0.3, -0.25) is 4.79 Å². The third-order valence-electron chi connectivity index (χ3n) is 3.99. The topological polar surface area (TPSA) is 56.8 Å². The Bertz CT molecular complexity index is 763. The average Bonchev–Trinajstić information content (AvgIpc) is 2.67. The van der Waals surface area contributed by atoms with E-state index in [4.69, 9.17) is 25.8 Å². The molecule has 2 aromatic rings. The van der Waals surface area contributed by atoms with E-state index >= 15 is 0 Å². The van der Waals surface area contributed by atoms with Crippen molar-refractivity contribution in [1.82, 2.24) is 5.32 Å². The molecule has 0 fully saturated rings. The van der Waals surface area contributed by atoms with Gasteiger partial charge in [0.25, 0.3) is 5.91 Å². The lowest BCUT2D eigenvalue weighted by atomic mass is 10.1. The van der Waals surface area contributed by atoms with Crippen molar-refractivity contribution in [2.45, 2.75) is 32.9 Å². The summed E-state index contributed by atoms with van der Waals surface area (Å²) in [6.07, 6.45) is 0.177. The van der Waals surface area contributed by atoms with Gasteiger partial charge in [-0.15, -0.1) is 0 Å². The van der Waals surface area contributed by atoms with Crippen molar-refractivity contribution >= 4 is 17.5 Å². The van der Waals surface area contributed by atoms with Crippen LogP contribution in [0.2, 0.25) is 5.02 Å². The van der Waals surface area contributed by atoms with Gasteiger partial charge in [0.05, 0.1) is 14.2 Å². The number of hydrogen-bond acceptors (Lipinski definition) is 4. The number of rotatable bonds is 8. The number of carbonyl (C=O) groups excluding carboxylic acids is 1. The summed E-state index contributed by atoms with van der Waals surface area (Å²) in [5, 5.41) is 3.56. The van der Waals surface area contributed by atoms with Crippen LogP contribution in [-0.2, 0) is 17.8 Å². The van der Waals surface area contributed by atoms with Crippen molar-refractivity contribution in [3.63, 3.8) is 0 Å². The Morgan fingerprint density at radius 1 is 1.12 bits per heavy atom. The van der Waals surface area contributed by atoms with Gasteiger partial charge >= 0.3 is 0 Å². The van der Waals surface area contributed by atoms with E-state index in [1.807, 2.05) is 25.1 Å². The highest BCUT2D eigenvalue weighted by Gasteiger charge is 2.15. The summed E-state index contributed by atoms with van der Waals surface area (Å²) in [6, 6.07) is 10.9. The number of benzene rings is 2. The predicted octanol–water partition coefficient (Wildman–Crippen LogP) is 4.00. The average molecular weight is 378 g/mol. The second-order valence-electron chi connectivity index (χ2n) is 5.77. The lowest BCUT2D eigenvalue weighted by molar-refractivity contribution is -0.127. The van der Waals surface area contributed by atoms with Crippen molar-refractivity contribution < 1.29 is 19.0 Å². The van der Waals surface area contributed by atoms with Crippen LogP contribution in [0.3, 0.4) is 0 Å². The van der Waals surface area contributed by atoms with Crippen molar-refractivity contribution in [3.05, 3.63) is 52.5 Å². The number of methoxy groups -OCH3 is 2. The van der Waals surface area contributed by atoms with E-state index in [9.17, 15) is 4.79 Å². The Kier molecular flexibility index (Phi) is 7.16. The van der Waals surface area contributed by atoms with Gasteiger partial charge in [-0.25, -0.2) is 0 Å². The summed E-state index contributed by atoms with van der Waals surface area (Å²) in [4.78, 5) is 12.3. The van der Waals surface area contributed by atoms with Crippen LogP contribution in [0, 0.1) is 0 Å². The fourth-order valence-corrected chi connectivity index (χ4v) is 2.73. The van der Waals surface area contributed by atoms with E-state index in [1.165, 1.54) is 0 Å². The molecule has 0 spiro atoms. The first kappa shape index (κ1) is 19.9. The molecular weight excluding hydrogens is 354 g/mol. The Hall–Kier alpha value is -2.40. The first-order valence-electron chi connectivity index (χ1n) is 8.42. The van der Waals surface area contributed by atoms with Crippen molar-refractivity contribution in [1.29, 1.82) is 0 Å². The molecule has 0 bridgehead atoms. The molecule has 0 aliphatic heterocycles. The van der Waals surface area contributed by atoms with Crippen LogP contribution >= 0.6 is 11.6 Å². The zero-order chi connectivity index (χ0) is 19.1. The summed E-state index contributed by atoms with van der Waals surface area (Å²) in [6.45, 7) is 4.10. The molecule has 26 heavy (non-hydrogen) atoms. The van der Waals surface area contributed by atoms with Gasteiger partial charge in [-0.2, -0.15) is 0 Å². The van der Waals surface area contributed by atoms with Crippen molar-refractivity contribution in [2.75, 3.05) is 14.2 Å². The SMILES string of the molecule is CCc1cc(OC(C)C(=O)NCc2ccc(OC)c(OC)c2)ccc1Cl. The van der Waals surface area contributed by atoms with Crippen LogP contribution in [-0.4, -0.2) is 26.2 Å². The molecule has 140 valence electrons. The number of ether oxygens (including phenoxy) is 3. The molecule has 0 saturated carbocycles. The van der Waals surface area contributed by atoms with Gasteiger partial charge in [0.2, 0.25) is 0 Å². The smallest absolute Gasteiger partial charge is 0.261 e. The molecule has 5 nitrogen and oxygen atoms in total. The molecule has 1 N–H and O–H groups in total. The molecule has 0 aliphatic rings. The van der Waals surface area contributed by atoms with E-state index in [0.717, 1.165) is 17.5 Å². The van der Waals surface area contributed by atoms with Gasteiger partial charge < -0.3 is 19.5 Å². The quantitative estimate of drug-likeness (QED) is 0.755. The van der Waals surface area contributed by atoms with Gasteiger partial charge in [0.15, 0.2) is 17.6 Å². The molecule has 0 radical (unpaired) electrons. The molecule has 0 saturated heterocycles. The van der Waals surface area contributed by atoms with E-state index in [2.05, 4.69) is 5.32 Å². The lowest BCUT2D eigenvalue weighted by Crippen LogP contribution is -2.35. The number of aryl methyl sites for hydroxylation is 1. The normalized spacial score (nSPS) is 11.6. The van der Waals surface area contributed by atoms with Crippen molar-refractivity contribution in [2.24, 2.45) is 0 Å². The minimum atomic E-state index is -0.624. The van der Waals surface area contributed by atoms with E-state index in [-0.39, 0.29) is 5.91 Å². The maximum Gasteiger partial charge on any atom is 0.261 e. The molecule has 2 aromatic carbocycles. The molecule has 1 atom stereocenters. The minimum Gasteiger partial charge on any atom is -0.493 e. The minimum absolute atomic E-state index is 0.201. The van der Waals surface area contributed by atoms with Gasteiger partial charge in [0.1, 0.15) is 5.75 Å². The first-order valence-corrected chi connectivity index (χ1v) is 8.80. The zero-order valence-corrected chi connectivity index (χ0v) is 16.2. The Balaban J connectivity index is 1.95. The number of hydrogen-bond donors (Lipinski definition) is 1. The van der Waals surface area contributed by atoms with E-state index in [1.54, 1.807) is 39.3 Å². The monoisotopic (exact) mass is 377 g/mol. The second kappa shape index (κ2) is 9.34. The molecule has 0 aliphatic carbocycles. The third kappa shape index (κ3) is 5.05. The van der Waals surface area contributed by atoms with Gasteiger partial charge in [0, 0.05) is 11.6 Å². The van der Waals surface area contributed by atoms with Gasteiger partial charge in [-0.1, -0.05) is 24.6 Å². The van der Waals surface area contributed by atoms with Crippen LogP contribution in [0.1, 0.15) is 25.0 Å². The Morgan fingerprint density at radius 2 is 1.85 bits per heavy atom. The van der Waals surface area contributed by atoms with E-state index < -0.39 is 6.10 Å². The fourth-order valence-electron chi connectivity index (χ4n) is 2.48. The second-order valence-corrected chi connectivity index (χ2v) is 6.18. The summed E-state index contributed by atoms with van der Waals surface area (Å²) >= 11 is 6.11. The van der Waals surface area contributed by atoms with Crippen LogP contribution in [0.4, 0.5) is 0 Å². The molecule has 0 aromatic heterocycles. The van der Waals surface area contributed by atoms with Crippen LogP contribution in [0.15, 0.2) is 36.4 Å². The largest absolute Gasteiger partial charge is 0.493 e. The lowest BCUT2D eigenvalue weighted by Gasteiger charge is -2.16. The summed E-state index contributed by atoms with van der Waals surface area (Å²) in [5.41, 5.74) is 1.89. The summed E-state index contributed by atoms with van der Waals surface area (Å²) in [5.74, 6) is 1.69. The molecule has 1 amide bonds. The number of nitrogens with one attached hydrogen (secondary N) is 1. The van der Waals surface area contributed by atoms with Crippen LogP contribution < -0.4 is 19.5 Å². The van der Waals surface area contributed by atoms with E-state index in [0.29, 0.717) is 28.8 Å². The number of halogens is 1. The molecular formula is C20H24ClNO4. The Labute approximate surface area is 159 Å². The highest BCUT2D eigenvalue weighted by atomic mass is 35.5. The molecule has 1 unspecified atom stereocenters. The number of carbonyl (C=O) groups is 1. The summed E-state index contributed by atoms with van der Waals surface area (Å²) in [7, 11) is 3.16. The predicted molar refractivity (Wildman–Crippen MR) is 102 cm³/mol. The first-order chi connectivity index (χ1) is 12.5. The highest BCUT2D eigenvalue weighted by Crippen LogP contribution is 2.27. The van der Waals surface area contributed by atoms with Crippen molar-refractivity contribution in [3.8, 4) is 17.2 Å². The molecule has 2 rings (SSSR count). The maximum atomic E-state index is 12.3. The van der Waals surface area contributed by atoms with Crippen LogP contribution in [0.5, 0.6) is 17.2 Å². The van der Waals surface area contributed by atoms with Gasteiger partial charge in [-0.05, 0) is 54.8 Å².